The van der Waals surface area contributed by atoms with Crippen molar-refractivity contribution in [1.29, 1.82) is 0 Å². The lowest BCUT2D eigenvalue weighted by atomic mass is 9.59. The van der Waals surface area contributed by atoms with E-state index in [-0.39, 0.29) is 23.4 Å². The van der Waals surface area contributed by atoms with E-state index in [1.165, 1.54) is 0 Å². The normalized spacial score (nSPS) is 62.0. The highest BCUT2D eigenvalue weighted by Crippen LogP contribution is 2.68. The zero-order chi connectivity index (χ0) is 17.7. The molecular weight excluding hydrogens is 304 g/mol. The minimum Gasteiger partial charge on any atom is -0.392 e. The number of hydrogen-bond acceptors (Lipinski definition) is 4. The van der Waals surface area contributed by atoms with Gasteiger partial charge in [0.25, 0.3) is 0 Å². The van der Waals surface area contributed by atoms with Gasteiger partial charge in [-0.1, -0.05) is 27.7 Å². The molecule has 4 heteroatoms. The van der Waals surface area contributed by atoms with Crippen LogP contribution in [-0.4, -0.2) is 44.3 Å². The van der Waals surface area contributed by atoms with Crippen molar-refractivity contribution in [3.05, 3.63) is 0 Å². The summed E-state index contributed by atoms with van der Waals surface area (Å²) in [5, 5.41) is 44.5. The molecule has 0 aliphatic heterocycles. The van der Waals surface area contributed by atoms with Crippen LogP contribution in [0.3, 0.4) is 0 Å². The summed E-state index contributed by atoms with van der Waals surface area (Å²) in [6, 6.07) is 0. The Hall–Kier alpha value is -0.160. The summed E-state index contributed by atoms with van der Waals surface area (Å²) < 4.78 is 0. The summed E-state index contributed by atoms with van der Waals surface area (Å²) >= 11 is 0. The van der Waals surface area contributed by atoms with Crippen LogP contribution >= 0.6 is 0 Å². The molecule has 1 spiro atoms. The fourth-order valence-electron chi connectivity index (χ4n) is 7.77. The van der Waals surface area contributed by atoms with Gasteiger partial charge in [-0.3, -0.25) is 0 Å². The molecule has 138 valence electrons. The van der Waals surface area contributed by atoms with Gasteiger partial charge in [-0.05, 0) is 61.7 Å². The van der Waals surface area contributed by atoms with Crippen molar-refractivity contribution in [3.8, 4) is 0 Å². The predicted molar refractivity (Wildman–Crippen MR) is 91.1 cm³/mol. The summed E-state index contributed by atoms with van der Waals surface area (Å²) in [7, 11) is 0. The van der Waals surface area contributed by atoms with Crippen molar-refractivity contribution < 1.29 is 20.4 Å². The highest BCUT2D eigenvalue weighted by molar-refractivity contribution is 5.20. The molecule has 0 heterocycles. The van der Waals surface area contributed by atoms with Crippen molar-refractivity contribution in [2.75, 3.05) is 0 Å². The van der Waals surface area contributed by atoms with E-state index in [1.54, 1.807) is 0 Å². The monoisotopic (exact) mass is 338 g/mol. The fraction of sp³-hybridized carbons (Fsp3) is 1.00. The summed E-state index contributed by atoms with van der Waals surface area (Å²) in [5.41, 5.74) is -2.27. The van der Waals surface area contributed by atoms with Crippen molar-refractivity contribution in [3.63, 3.8) is 0 Å². The van der Waals surface area contributed by atoms with E-state index in [0.29, 0.717) is 30.6 Å². The van der Waals surface area contributed by atoms with Crippen molar-refractivity contribution >= 4 is 0 Å². The van der Waals surface area contributed by atoms with Gasteiger partial charge in [0.15, 0.2) is 0 Å². The summed E-state index contributed by atoms with van der Waals surface area (Å²) in [4.78, 5) is 0. The number of aliphatic hydroxyl groups is 4. The smallest absolute Gasteiger partial charge is 0.101 e. The maximum absolute atomic E-state index is 11.7. The lowest BCUT2D eigenvalue weighted by Crippen LogP contribution is -2.57. The molecule has 0 amide bonds. The van der Waals surface area contributed by atoms with Gasteiger partial charge in [-0.2, -0.15) is 0 Å². The van der Waals surface area contributed by atoms with Crippen LogP contribution in [0.4, 0.5) is 0 Å². The highest BCUT2D eigenvalue weighted by atomic mass is 16.4. The molecule has 24 heavy (non-hydrogen) atoms. The largest absolute Gasteiger partial charge is 0.392 e. The van der Waals surface area contributed by atoms with E-state index < -0.39 is 23.2 Å². The first-order valence-corrected chi connectivity index (χ1v) is 9.84. The fourth-order valence-corrected chi connectivity index (χ4v) is 7.77. The third-order valence-electron chi connectivity index (χ3n) is 9.24. The Balaban J connectivity index is 1.82. The molecule has 0 radical (unpaired) electrons. The van der Waals surface area contributed by atoms with Crippen molar-refractivity contribution in [1.82, 2.24) is 0 Å². The standard InChI is InChI=1S/C20H34O4/c1-10-8-19-9-16(22)20(24)14(7-15(21)18(20,3)4)11(2)13(19)6-5-12(10)17(19)23/h10-17,21-24H,5-9H2,1-4H3/t10-,11+,12+,13+,14+,15+,16-,17-,19-,20+/m1/s1. The SMILES string of the molecule is C[C@H]1[C@@H]2CC[C@H]3[C@H](C)C[C@]2(C[C@@H](O)[C@@]2(O)[C@H]1C[C@H](O)C2(C)C)[C@@H]3O. The van der Waals surface area contributed by atoms with Gasteiger partial charge in [0.1, 0.15) is 5.60 Å². The van der Waals surface area contributed by atoms with E-state index in [4.69, 9.17) is 0 Å². The molecule has 0 aromatic rings. The minimum atomic E-state index is -1.28. The molecule has 4 fully saturated rings. The Bertz CT molecular complexity index is 534. The molecule has 10 atom stereocenters. The molecule has 0 aromatic heterocycles. The second-order valence-corrected chi connectivity index (χ2v) is 10.2. The maximum atomic E-state index is 11.7. The van der Waals surface area contributed by atoms with Crippen LogP contribution in [0, 0.1) is 40.4 Å². The van der Waals surface area contributed by atoms with E-state index in [9.17, 15) is 20.4 Å². The maximum Gasteiger partial charge on any atom is 0.101 e. The van der Waals surface area contributed by atoms with Gasteiger partial charge < -0.3 is 20.4 Å². The highest BCUT2D eigenvalue weighted by Gasteiger charge is 2.71. The molecule has 4 nitrogen and oxygen atoms in total. The van der Waals surface area contributed by atoms with Gasteiger partial charge in [0, 0.05) is 10.8 Å². The minimum absolute atomic E-state index is 0.110. The Morgan fingerprint density at radius 2 is 1.54 bits per heavy atom. The van der Waals surface area contributed by atoms with Crippen LogP contribution in [0.1, 0.15) is 59.8 Å². The molecule has 0 saturated heterocycles. The molecule has 0 aromatic carbocycles. The molecule has 4 N–H and O–H groups in total. The van der Waals surface area contributed by atoms with E-state index >= 15 is 0 Å². The topological polar surface area (TPSA) is 80.9 Å². The van der Waals surface area contributed by atoms with Crippen LogP contribution in [0.5, 0.6) is 0 Å². The summed E-state index contributed by atoms with van der Waals surface area (Å²) in [5.74, 6) is 1.23. The van der Waals surface area contributed by atoms with Gasteiger partial charge in [-0.15, -0.1) is 0 Å². The van der Waals surface area contributed by atoms with Crippen LogP contribution in [0.2, 0.25) is 0 Å². The molecule has 0 unspecified atom stereocenters. The first-order valence-electron chi connectivity index (χ1n) is 9.84. The molecule has 2 bridgehead atoms. The molecular formula is C20H34O4. The Morgan fingerprint density at radius 1 is 0.875 bits per heavy atom. The number of rotatable bonds is 0. The van der Waals surface area contributed by atoms with E-state index in [0.717, 1.165) is 19.3 Å². The van der Waals surface area contributed by atoms with Crippen molar-refractivity contribution in [2.24, 2.45) is 40.4 Å². The predicted octanol–water partition coefficient (Wildman–Crippen LogP) is 1.94. The zero-order valence-corrected chi connectivity index (χ0v) is 15.4. The van der Waals surface area contributed by atoms with Gasteiger partial charge in [0.05, 0.1) is 18.3 Å². The number of hydrogen-bond donors (Lipinski definition) is 4. The second kappa shape index (κ2) is 4.97. The van der Waals surface area contributed by atoms with Crippen molar-refractivity contribution in [2.45, 2.75) is 83.7 Å². The first-order chi connectivity index (χ1) is 11.1. The summed E-state index contributed by atoms with van der Waals surface area (Å²) in [6.45, 7) is 8.19. The number of fused-ring (bicyclic) bond motifs is 2. The van der Waals surface area contributed by atoms with Crippen LogP contribution < -0.4 is 0 Å². The Morgan fingerprint density at radius 3 is 2.21 bits per heavy atom. The molecule has 4 saturated carbocycles. The molecule has 4 rings (SSSR count). The first kappa shape index (κ1) is 17.3. The lowest BCUT2D eigenvalue weighted by Gasteiger charge is -2.47. The molecule has 4 aliphatic rings. The third kappa shape index (κ3) is 1.74. The molecule has 4 aliphatic carbocycles. The Kier molecular flexibility index (Phi) is 3.57. The van der Waals surface area contributed by atoms with Gasteiger partial charge in [0.2, 0.25) is 0 Å². The van der Waals surface area contributed by atoms with Crippen LogP contribution in [-0.2, 0) is 0 Å². The Labute approximate surface area is 145 Å². The van der Waals surface area contributed by atoms with Gasteiger partial charge >= 0.3 is 0 Å². The third-order valence-corrected chi connectivity index (χ3v) is 9.24. The second-order valence-electron chi connectivity index (χ2n) is 10.2. The quantitative estimate of drug-likeness (QED) is 0.544. The van der Waals surface area contributed by atoms with E-state index in [1.807, 2.05) is 13.8 Å². The van der Waals surface area contributed by atoms with E-state index in [2.05, 4.69) is 13.8 Å². The summed E-state index contributed by atoms with van der Waals surface area (Å²) in [6.07, 6.45) is 2.24. The average molecular weight is 338 g/mol. The van der Waals surface area contributed by atoms with Gasteiger partial charge in [-0.25, -0.2) is 0 Å². The number of aliphatic hydroxyl groups excluding tert-OH is 3. The van der Waals surface area contributed by atoms with Crippen LogP contribution in [0.15, 0.2) is 0 Å². The van der Waals surface area contributed by atoms with Crippen LogP contribution in [0.25, 0.3) is 0 Å². The average Bonchev–Trinajstić information content (AvgIpc) is 2.73. The lowest BCUT2D eigenvalue weighted by molar-refractivity contribution is -0.178. The zero-order valence-electron chi connectivity index (χ0n) is 15.4.